The molecule has 1 amide bonds. The minimum Gasteiger partial charge on any atom is -0.345 e. The first kappa shape index (κ1) is 15.0. The normalized spacial score (nSPS) is 15.1. The molecule has 1 aliphatic rings. The van der Waals surface area contributed by atoms with Gasteiger partial charge in [-0.3, -0.25) is 4.79 Å². The number of hydrogen-bond acceptors (Lipinski definition) is 4. The number of anilines is 1. The number of aryl methyl sites for hydroxylation is 2. The summed E-state index contributed by atoms with van der Waals surface area (Å²) >= 11 is 1.68. The predicted octanol–water partition coefficient (Wildman–Crippen LogP) is 2.73. The highest BCUT2D eigenvalue weighted by Gasteiger charge is 2.22. The van der Waals surface area contributed by atoms with E-state index in [2.05, 4.69) is 27.4 Å². The molecule has 0 spiro atoms. The Hall–Kier alpha value is -1.88. The second kappa shape index (κ2) is 6.92. The molecule has 116 valence electrons. The van der Waals surface area contributed by atoms with Crippen molar-refractivity contribution in [1.82, 2.24) is 9.88 Å². The van der Waals surface area contributed by atoms with Gasteiger partial charge in [-0.25, -0.2) is 4.98 Å². The fourth-order valence-electron chi connectivity index (χ4n) is 2.69. The molecular formula is C17H21N3OS. The molecule has 1 saturated heterocycles. The molecule has 1 fully saturated rings. The van der Waals surface area contributed by atoms with Gasteiger partial charge in [0.2, 0.25) is 5.91 Å². The highest BCUT2D eigenvalue weighted by Crippen LogP contribution is 2.21. The van der Waals surface area contributed by atoms with Gasteiger partial charge in [-0.15, -0.1) is 11.3 Å². The van der Waals surface area contributed by atoms with Gasteiger partial charge in [0.05, 0.1) is 5.69 Å². The zero-order chi connectivity index (χ0) is 15.4. The van der Waals surface area contributed by atoms with Gasteiger partial charge in [0.1, 0.15) is 0 Å². The lowest BCUT2D eigenvalue weighted by Crippen LogP contribution is -2.48. The average molecular weight is 315 g/mol. The molecule has 3 rings (SSSR count). The van der Waals surface area contributed by atoms with Crippen LogP contribution in [0.1, 0.15) is 17.7 Å². The van der Waals surface area contributed by atoms with Crippen LogP contribution in [0.3, 0.4) is 0 Å². The van der Waals surface area contributed by atoms with Crippen LogP contribution >= 0.6 is 11.3 Å². The lowest BCUT2D eigenvalue weighted by molar-refractivity contribution is -0.131. The molecule has 0 N–H and O–H groups in total. The van der Waals surface area contributed by atoms with E-state index in [0.717, 1.165) is 43.4 Å². The third-order valence-corrected chi connectivity index (χ3v) is 5.00. The first-order valence-corrected chi connectivity index (χ1v) is 8.59. The molecular weight excluding hydrogens is 294 g/mol. The van der Waals surface area contributed by atoms with Gasteiger partial charge in [0.15, 0.2) is 5.13 Å². The summed E-state index contributed by atoms with van der Waals surface area (Å²) in [6, 6.07) is 10.2. The van der Waals surface area contributed by atoms with E-state index >= 15 is 0 Å². The summed E-state index contributed by atoms with van der Waals surface area (Å²) in [6.07, 6.45) is 1.42. The summed E-state index contributed by atoms with van der Waals surface area (Å²) in [5.41, 5.74) is 2.30. The van der Waals surface area contributed by atoms with Gasteiger partial charge >= 0.3 is 0 Å². The van der Waals surface area contributed by atoms with Gasteiger partial charge in [-0.1, -0.05) is 30.3 Å². The SMILES string of the molecule is Cc1csc(N2CCN(C(=O)CCc3ccccc3)CC2)n1. The second-order valence-corrected chi connectivity index (χ2v) is 6.46. The molecule has 0 aliphatic carbocycles. The standard InChI is InChI=1S/C17H21N3OS/c1-14-13-22-17(18-14)20-11-9-19(10-12-20)16(21)8-7-15-5-3-2-4-6-15/h2-6,13H,7-12H2,1H3. The van der Waals surface area contributed by atoms with Crippen molar-refractivity contribution >= 4 is 22.4 Å². The van der Waals surface area contributed by atoms with Crippen LogP contribution in [0, 0.1) is 6.92 Å². The van der Waals surface area contributed by atoms with E-state index < -0.39 is 0 Å². The number of amides is 1. The largest absolute Gasteiger partial charge is 0.345 e. The molecule has 0 unspecified atom stereocenters. The monoisotopic (exact) mass is 315 g/mol. The van der Waals surface area contributed by atoms with Crippen molar-refractivity contribution in [1.29, 1.82) is 0 Å². The molecule has 1 aliphatic heterocycles. The zero-order valence-electron chi connectivity index (χ0n) is 12.9. The van der Waals surface area contributed by atoms with Crippen molar-refractivity contribution in [3.05, 3.63) is 47.0 Å². The van der Waals surface area contributed by atoms with Gasteiger partial charge < -0.3 is 9.80 Å². The summed E-state index contributed by atoms with van der Waals surface area (Å²) < 4.78 is 0. The molecule has 22 heavy (non-hydrogen) atoms. The number of aromatic nitrogens is 1. The van der Waals surface area contributed by atoms with E-state index in [1.54, 1.807) is 11.3 Å². The molecule has 4 nitrogen and oxygen atoms in total. The van der Waals surface area contributed by atoms with Crippen molar-refractivity contribution in [2.75, 3.05) is 31.1 Å². The Morgan fingerprint density at radius 1 is 1.18 bits per heavy atom. The second-order valence-electron chi connectivity index (χ2n) is 5.62. The van der Waals surface area contributed by atoms with Crippen molar-refractivity contribution in [3.8, 4) is 0 Å². The van der Waals surface area contributed by atoms with E-state index in [1.807, 2.05) is 30.0 Å². The summed E-state index contributed by atoms with van der Waals surface area (Å²) in [7, 11) is 0. The molecule has 2 aromatic rings. The molecule has 5 heteroatoms. The molecule has 0 saturated carbocycles. The van der Waals surface area contributed by atoms with E-state index in [9.17, 15) is 4.79 Å². The van der Waals surface area contributed by atoms with E-state index in [0.29, 0.717) is 6.42 Å². The maximum atomic E-state index is 12.3. The summed E-state index contributed by atoms with van der Waals surface area (Å²) in [4.78, 5) is 21.1. The number of carbonyl (C=O) groups excluding carboxylic acids is 1. The van der Waals surface area contributed by atoms with Crippen LogP contribution in [0.25, 0.3) is 0 Å². The lowest BCUT2D eigenvalue weighted by atomic mass is 10.1. The quantitative estimate of drug-likeness (QED) is 0.870. The van der Waals surface area contributed by atoms with Crippen molar-refractivity contribution < 1.29 is 4.79 Å². The number of carbonyl (C=O) groups is 1. The molecule has 2 heterocycles. The summed E-state index contributed by atoms with van der Waals surface area (Å²) in [5.74, 6) is 0.263. The first-order valence-electron chi connectivity index (χ1n) is 7.71. The molecule has 0 radical (unpaired) electrons. The Morgan fingerprint density at radius 3 is 2.55 bits per heavy atom. The van der Waals surface area contributed by atoms with Crippen LogP contribution in [-0.4, -0.2) is 42.0 Å². The van der Waals surface area contributed by atoms with Crippen LogP contribution in [0.15, 0.2) is 35.7 Å². The number of rotatable bonds is 4. The number of hydrogen-bond donors (Lipinski definition) is 0. The average Bonchev–Trinajstić information content (AvgIpc) is 3.00. The first-order chi connectivity index (χ1) is 10.7. The van der Waals surface area contributed by atoms with Gasteiger partial charge in [0, 0.05) is 38.0 Å². The lowest BCUT2D eigenvalue weighted by Gasteiger charge is -2.34. The third kappa shape index (κ3) is 3.65. The topological polar surface area (TPSA) is 36.4 Å². The number of benzene rings is 1. The maximum Gasteiger partial charge on any atom is 0.223 e. The number of nitrogens with zero attached hydrogens (tertiary/aromatic N) is 3. The Labute approximate surface area is 135 Å². The Bertz CT molecular complexity index is 618. The van der Waals surface area contributed by atoms with E-state index in [4.69, 9.17) is 0 Å². The molecule has 0 atom stereocenters. The molecule has 1 aromatic heterocycles. The Morgan fingerprint density at radius 2 is 1.91 bits per heavy atom. The molecule has 0 bridgehead atoms. The van der Waals surface area contributed by atoms with Crippen LogP contribution in [-0.2, 0) is 11.2 Å². The van der Waals surface area contributed by atoms with E-state index in [-0.39, 0.29) is 5.91 Å². The highest BCUT2D eigenvalue weighted by atomic mass is 32.1. The summed E-state index contributed by atoms with van der Waals surface area (Å²) in [6.45, 7) is 5.37. The number of thiazole rings is 1. The third-order valence-electron chi connectivity index (χ3n) is 3.98. The highest BCUT2D eigenvalue weighted by molar-refractivity contribution is 7.13. The van der Waals surface area contributed by atoms with Crippen LogP contribution in [0.5, 0.6) is 0 Å². The van der Waals surface area contributed by atoms with Gasteiger partial charge in [0.25, 0.3) is 0 Å². The van der Waals surface area contributed by atoms with Crippen LogP contribution < -0.4 is 4.90 Å². The minimum atomic E-state index is 0.263. The van der Waals surface area contributed by atoms with Crippen LogP contribution in [0.2, 0.25) is 0 Å². The molecule has 1 aromatic carbocycles. The van der Waals surface area contributed by atoms with Crippen LogP contribution in [0.4, 0.5) is 5.13 Å². The Kier molecular flexibility index (Phi) is 4.73. The zero-order valence-corrected chi connectivity index (χ0v) is 13.7. The predicted molar refractivity (Wildman–Crippen MR) is 90.4 cm³/mol. The fourth-order valence-corrected chi connectivity index (χ4v) is 3.55. The maximum absolute atomic E-state index is 12.3. The number of piperazine rings is 1. The van der Waals surface area contributed by atoms with Crippen molar-refractivity contribution in [2.45, 2.75) is 19.8 Å². The van der Waals surface area contributed by atoms with Crippen molar-refractivity contribution in [3.63, 3.8) is 0 Å². The van der Waals surface area contributed by atoms with E-state index in [1.165, 1.54) is 5.56 Å². The fraction of sp³-hybridized carbons (Fsp3) is 0.412. The minimum absolute atomic E-state index is 0.263. The summed E-state index contributed by atoms with van der Waals surface area (Å²) in [5, 5.41) is 3.15. The smallest absolute Gasteiger partial charge is 0.223 e. The van der Waals surface area contributed by atoms with Crippen molar-refractivity contribution in [2.24, 2.45) is 0 Å². The van der Waals surface area contributed by atoms with Gasteiger partial charge in [-0.05, 0) is 18.9 Å². The van der Waals surface area contributed by atoms with Gasteiger partial charge in [-0.2, -0.15) is 0 Å². The Balaban J connectivity index is 1.47.